The third-order valence-electron chi connectivity index (χ3n) is 6.12. The molecule has 0 saturated heterocycles. The summed E-state index contributed by atoms with van der Waals surface area (Å²) >= 11 is 14.3. The van der Waals surface area contributed by atoms with E-state index < -0.39 is 0 Å². The van der Waals surface area contributed by atoms with Gasteiger partial charge in [0.2, 0.25) is 0 Å². The maximum atomic E-state index is 6.27. The van der Waals surface area contributed by atoms with Crippen molar-refractivity contribution in [3.8, 4) is 22.3 Å². The van der Waals surface area contributed by atoms with Crippen LogP contribution in [0.4, 0.5) is 0 Å². The zero-order valence-corrected chi connectivity index (χ0v) is 29.6. The summed E-state index contributed by atoms with van der Waals surface area (Å²) in [5.74, 6) is 0. The van der Waals surface area contributed by atoms with Gasteiger partial charge in [-0.2, -0.15) is 12.1 Å². The smallest absolute Gasteiger partial charge is 0.0476 e. The van der Waals surface area contributed by atoms with Crippen LogP contribution in [0.25, 0.3) is 43.8 Å². The van der Waals surface area contributed by atoms with Gasteiger partial charge in [0.1, 0.15) is 0 Å². The maximum Gasteiger partial charge on any atom is 0.0476 e. The van der Waals surface area contributed by atoms with Crippen LogP contribution in [0.2, 0.25) is 23.1 Å². The van der Waals surface area contributed by atoms with E-state index in [9.17, 15) is 0 Å². The first kappa shape index (κ1) is 34.6. The summed E-state index contributed by atoms with van der Waals surface area (Å²) in [5, 5.41) is 6.72. The number of aryl methyl sites for hydroxylation is 2. The fourth-order valence-corrected chi connectivity index (χ4v) is 5.07. The van der Waals surface area contributed by atoms with E-state index in [0.29, 0.717) is 0 Å². The Morgan fingerprint density at radius 3 is 1.23 bits per heavy atom. The van der Waals surface area contributed by atoms with Gasteiger partial charge in [-0.1, -0.05) is 96.7 Å². The van der Waals surface area contributed by atoms with Gasteiger partial charge >= 0.3 is 41.9 Å². The second-order valence-electron chi connectivity index (χ2n) is 9.64. The van der Waals surface area contributed by atoms with Gasteiger partial charge in [-0.25, -0.2) is 0 Å². The van der Waals surface area contributed by atoms with Gasteiger partial charge in [0.15, 0.2) is 0 Å². The second kappa shape index (κ2) is 16.1. The molecule has 0 atom stereocenters. The number of rotatable bonds is 2. The van der Waals surface area contributed by atoms with Gasteiger partial charge in [0.25, 0.3) is 0 Å². The van der Waals surface area contributed by atoms with Crippen LogP contribution in [0.1, 0.15) is 11.1 Å². The van der Waals surface area contributed by atoms with Crippen molar-refractivity contribution in [1.29, 1.82) is 0 Å². The average molecular weight is 702 g/mol. The minimum atomic E-state index is 0. The summed E-state index contributed by atoms with van der Waals surface area (Å²) in [4.78, 5) is 0. The Bertz CT molecular complexity index is 1590. The van der Waals surface area contributed by atoms with Gasteiger partial charge in [0, 0.05) is 10.0 Å². The predicted octanol–water partition coefficient (Wildman–Crippen LogP) is 12.0. The molecule has 0 spiro atoms. The van der Waals surface area contributed by atoms with E-state index in [0.717, 1.165) is 21.2 Å². The first-order valence-electron chi connectivity index (χ1n) is 12.6. The van der Waals surface area contributed by atoms with Gasteiger partial charge in [-0.3, -0.25) is 0 Å². The third-order valence-corrected chi connectivity index (χ3v) is 6.78. The van der Waals surface area contributed by atoms with E-state index in [-0.39, 0.29) is 30.2 Å². The van der Waals surface area contributed by atoms with E-state index in [1.165, 1.54) is 43.8 Å². The number of benzene rings is 4. The van der Waals surface area contributed by atoms with Gasteiger partial charge in [-0.15, -0.1) is 93.9 Å². The van der Waals surface area contributed by atoms with Crippen molar-refractivity contribution in [3.63, 3.8) is 0 Å². The maximum absolute atomic E-state index is 6.27. The van der Waals surface area contributed by atoms with Gasteiger partial charge < -0.3 is 0 Å². The third kappa shape index (κ3) is 8.68. The van der Waals surface area contributed by atoms with Gasteiger partial charge in [0.05, 0.1) is 0 Å². The largest absolute Gasteiger partial charge is 0.165 e. The molecule has 0 saturated carbocycles. The van der Waals surface area contributed by atoms with Crippen molar-refractivity contribution < 1.29 is 23.3 Å². The first-order chi connectivity index (χ1) is 18.2. The molecule has 6 rings (SSSR count). The Balaban J connectivity index is 0.000000237. The van der Waals surface area contributed by atoms with E-state index in [4.69, 9.17) is 23.2 Å². The standard InChI is InChI=1S/2C16H12Cl.C2H6Si.2ClH.Zr/c2*1-11-9-12-5-4-7-13(15(12)10-11)14-6-2-3-8-16(14)17;1-3-2;;;/h2*2-10H,1H3;1-2H3;2*1H;/q2*-1;;;;+2. The molecule has 40 heavy (non-hydrogen) atoms. The molecule has 0 aliphatic rings. The quantitative estimate of drug-likeness (QED) is 0.125. The summed E-state index contributed by atoms with van der Waals surface area (Å²) in [6.45, 7) is 8.86. The predicted molar refractivity (Wildman–Crippen MR) is 181 cm³/mol. The summed E-state index contributed by atoms with van der Waals surface area (Å²) in [6, 6.07) is 37.5. The summed E-state index contributed by atoms with van der Waals surface area (Å²) in [6.07, 6.45) is 0. The van der Waals surface area contributed by atoms with Crippen molar-refractivity contribution in [3.05, 3.63) is 130 Å². The summed E-state index contributed by atoms with van der Waals surface area (Å²) in [7, 11) is 0. The van der Waals surface area contributed by atoms with Gasteiger partial charge in [-0.05, 0) is 23.3 Å². The minimum absolute atomic E-state index is 0. The molecular formula is C34H32Cl4SiZr. The van der Waals surface area contributed by atoms with Crippen LogP contribution in [0.5, 0.6) is 0 Å². The van der Waals surface area contributed by atoms with Crippen LogP contribution in [-0.2, 0) is 23.3 Å². The first-order valence-corrected chi connectivity index (χ1v) is 19.5. The molecule has 0 aliphatic heterocycles. The normalized spacial score (nSPS) is 10.0. The molecule has 204 valence electrons. The Labute approximate surface area is 275 Å². The van der Waals surface area contributed by atoms with Crippen LogP contribution in [0.3, 0.4) is 0 Å². The molecule has 0 N–H and O–H groups in total. The molecule has 0 bridgehead atoms. The molecular weight excluding hydrogens is 669 g/mol. The fraction of sp³-hybridized carbons (Fsp3) is 0.118. The molecule has 0 radical (unpaired) electrons. The van der Waals surface area contributed by atoms with Crippen molar-refractivity contribution in [2.75, 3.05) is 0 Å². The van der Waals surface area contributed by atoms with Crippen LogP contribution in [-0.4, -0.2) is 5.43 Å². The van der Waals surface area contributed by atoms with Crippen molar-refractivity contribution in [1.82, 2.24) is 0 Å². The molecule has 6 aromatic rings. The van der Waals surface area contributed by atoms with Crippen LogP contribution in [0.15, 0.2) is 109 Å². The molecule has 6 aromatic carbocycles. The SMILES string of the molecule is C[Si](C)=[Zr+2].Cc1cc2c(-c3ccccc3Cl)cccc2[cH-]1.Cc1cc2c(-c3ccccc3Cl)cccc2[cH-]1.Cl.Cl. The molecule has 0 nitrogen and oxygen atoms in total. The average Bonchev–Trinajstić information content (AvgIpc) is 3.45. The fourth-order valence-electron chi connectivity index (χ4n) is 4.60. The second-order valence-corrected chi connectivity index (χ2v) is 19.8. The summed E-state index contributed by atoms with van der Waals surface area (Å²) < 4.78 is 0. The monoisotopic (exact) mass is 698 g/mol. The Morgan fingerprint density at radius 2 is 0.875 bits per heavy atom. The zero-order chi connectivity index (χ0) is 27.2. The van der Waals surface area contributed by atoms with Crippen molar-refractivity contribution in [2.45, 2.75) is 26.9 Å². The van der Waals surface area contributed by atoms with Crippen LogP contribution in [0, 0.1) is 13.8 Å². The van der Waals surface area contributed by atoms with E-state index in [1.54, 1.807) is 23.3 Å². The number of fused-ring (bicyclic) bond motifs is 2. The number of hydrogen-bond donors (Lipinski definition) is 0. The molecule has 6 heteroatoms. The van der Waals surface area contributed by atoms with Crippen LogP contribution < -0.4 is 0 Å². The number of halogens is 4. The molecule has 0 aliphatic carbocycles. The molecule has 0 fully saturated rings. The zero-order valence-electron chi connectivity index (χ0n) is 23.0. The number of hydrogen-bond acceptors (Lipinski definition) is 0. The molecule has 0 amide bonds. The Hall–Kier alpha value is -1.64. The van der Waals surface area contributed by atoms with Crippen molar-refractivity contribution in [2.24, 2.45) is 0 Å². The Kier molecular flexibility index (Phi) is 13.9. The topological polar surface area (TPSA) is 0 Å². The molecule has 0 aromatic heterocycles. The van der Waals surface area contributed by atoms with E-state index in [2.05, 4.69) is 99.7 Å². The van der Waals surface area contributed by atoms with Crippen LogP contribution >= 0.6 is 48.0 Å². The molecule has 0 unspecified atom stereocenters. The molecule has 0 heterocycles. The minimum Gasteiger partial charge on any atom is -0.165 e. The van der Waals surface area contributed by atoms with Crippen molar-refractivity contribution >= 4 is 75.0 Å². The summed E-state index contributed by atoms with van der Waals surface area (Å²) in [5.41, 5.74) is 7.42. The van der Waals surface area contributed by atoms with E-state index in [1.807, 2.05) is 36.4 Å². The van der Waals surface area contributed by atoms with E-state index >= 15 is 0 Å². The Morgan fingerprint density at radius 1 is 0.550 bits per heavy atom.